The molecule has 3 rings (SSSR count). The number of H-pyrrole nitrogens is 1. The van der Waals surface area contributed by atoms with Crippen LogP contribution in [0.1, 0.15) is 29.5 Å². The highest BCUT2D eigenvalue weighted by atomic mass is 32.1. The maximum absolute atomic E-state index is 12.0. The number of nitrogens with zero attached hydrogens (tertiary/aromatic N) is 2. The standard InChI is InChI=1S/C15H20N4OS/c20-14(18-9-13-4-2-8-21-13)11-19-7-1-3-12(10-19)15-16-5-6-17-15/h2,4-6,8,12H,1,3,7,9-11H2,(H,16,17)(H,18,20)/t12-/m0/s1. The lowest BCUT2D eigenvalue weighted by molar-refractivity contribution is -0.122. The lowest BCUT2D eigenvalue weighted by Crippen LogP contribution is -2.41. The summed E-state index contributed by atoms with van der Waals surface area (Å²) >= 11 is 1.67. The molecule has 21 heavy (non-hydrogen) atoms. The Morgan fingerprint density at radius 2 is 2.52 bits per heavy atom. The van der Waals surface area contributed by atoms with Crippen molar-refractivity contribution in [3.05, 3.63) is 40.6 Å². The van der Waals surface area contributed by atoms with Crippen molar-refractivity contribution in [1.29, 1.82) is 0 Å². The maximum atomic E-state index is 12.0. The first-order chi connectivity index (χ1) is 10.3. The normalized spacial score (nSPS) is 19.5. The van der Waals surface area contributed by atoms with Gasteiger partial charge in [0.05, 0.1) is 13.1 Å². The van der Waals surface area contributed by atoms with Crippen LogP contribution in [-0.4, -0.2) is 40.4 Å². The van der Waals surface area contributed by atoms with Crippen LogP contribution < -0.4 is 5.32 Å². The maximum Gasteiger partial charge on any atom is 0.234 e. The second-order valence-electron chi connectivity index (χ2n) is 5.40. The van der Waals surface area contributed by atoms with Crippen molar-refractivity contribution in [2.45, 2.75) is 25.3 Å². The van der Waals surface area contributed by atoms with Crippen LogP contribution in [0.5, 0.6) is 0 Å². The van der Waals surface area contributed by atoms with Gasteiger partial charge in [0.2, 0.25) is 5.91 Å². The molecule has 0 bridgehead atoms. The van der Waals surface area contributed by atoms with Crippen LogP contribution in [0.3, 0.4) is 0 Å². The predicted octanol–water partition coefficient (Wildman–Crippen LogP) is 1.97. The number of aromatic amines is 1. The first-order valence-corrected chi connectivity index (χ1v) is 8.20. The summed E-state index contributed by atoms with van der Waals surface area (Å²) in [5.41, 5.74) is 0. The summed E-state index contributed by atoms with van der Waals surface area (Å²) < 4.78 is 0. The Morgan fingerprint density at radius 3 is 3.29 bits per heavy atom. The summed E-state index contributed by atoms with van der Waals surface area (Å²) in [4.78, 5) is 23.0. The third kappa shape index (κ3) is 3.92. The Morgan fingerprint density at radius 1 is 1.57 bits per heavy atom. The number of nitrogens with one attached hydrogen (secondary N) is 2. The van der Waals surface area contributed by atoms with E-state index in [0.717, 1.165) is 31.8 Å². The third-order valence-corrected chi connectivity index (χ3v) is 4.70. The molecule has 0 radical (unpaired) electrons. The fourth-order valence-electron chi connectivity index (χ4n) is 2.78. The highest BCUT2D eigenvalue weighted by molar-refractivity contribution is 7.09. The molecule has 0 aliphatic carbocycles. The number of amides is 1. The minimum Gasteiger partial charge on any atom is -0.350 e. The molecule has 0 unspecified atom stereocenters. The van der Waals surface area contributed by atoms with Gasteiger partial charge in [0.25, 0.3) is 0 Å². The number of piperidine rings is 1. The third-order valence-electron chi connectivity index (χ3n) is 3.82. The van der Waals surface area contributed by atoms with Gasteiger partial charge in [-0.25, -0.2) is 4.98 Å². The number of imidazole rings is 1. The van der Waals surface area contributed by atoms with Crippen LogP contribution in [-0.2, 0) is 11.3 Å². The fraction of sp³-hybridized carbons (Fsp3) is 0.467. The molecule has 5 nitrogen and oxygen atoms in total. The predicted molar refractivity (Wildman–Crippen MR) is 83.2 cm³/mol. The molecule has 1 atom stereocenters. The van der Waals surface area contributed by atoms with Crippen LogP contribution in [0.15, 0.2) is 29.9 Å². The average Bonchev–Trinajstić information content (AvgIpc) is 3.19. The molecule has 2 aromatic rings. The zero-order valence-electron chi connectivity index (χ0n) is 11.9. The largest absolute Gasteiger partial charge is 0.350 e. The van der Waals surface area contributed by atoms with Gasteiger partial charge < -0.3 is 10.3 Å². The number of carbonyl (C=O) groups excluding carboxylic acids is 1. The van der Waals surface area contributed by atoms with Gasteiger partial charge in [0, 0.05) is 29.7 Å². The molecule has 1 amide bonds. The fourth-order valence-corrected chi connectivity index (χ4v) is 3.43. The first-order valence-electron chi connectivity index (χ1n) is 7.32. The number of carbonyl (C=O) groups is 1. The monoisotopic (exact) mass is 304 g/mol. The Kier molecular flexibility index (Phi) is 4.67. The van der Waals surface area contributed by atoms with E-state index in [9.17, 15) is 4.79 Å². The molecule has 0 aromatic carbocycles. The Labute approximate surface area is 128 Å². The summed E-state index contributed by atoms with van der Waals surface area (Å²) in [6.45, 7) is 3.00. The quantitative estimate of drug-likeness (QED) is 0.888. The Balaban J connectivity index is 1.47. The molecule has 6 heteroatoms. The highest BCUT2D eigenvalue weighted by Crippen LogP contribution is 2.23. The molecule has 3 heterocycles. The molecule has 1 aliphatic rings. The van der Waals surface area contributed by atoms with Crippen molar-refractivity contribution in [2.75, 3.05) is 19.6 Å². The second-order valence-corrected chi connectivity index (χ2v) is 6.44. The van der Waals surface area contributed by atoms with Gasteiger partial charge in [0.15, 0.2) is 0 Å². The zero-order valence-corrected chi connectivity index (χ0v) is 12.7. The molecule has 2 aromatic heterocycles. The van der Waals surface area contributed by atoms with Gasteiger partial charge in [-0.05, 0) is 30.8 Å². The topological polar surface area (TPSA) is 61.0 Å². The summed E-state index contributed by atoms with van der Waals surface area (Å²) in [5.74, 6) is 1.56. The number of aromatic nitrogens is 2. The van der Waals surface area contributed by atoms with Gasteiger partial charge >= 0.3 is 0 Å². The van der Waals surface area contributed by atoms with Gasteiger partial charge in [-0.1, -0.05) is 6.07 Å². The molecular formula is C15H20N4OS. The Bertz CT molecular complexity index is 552. The average molecular weight is 304 g/mol. The zero-order chi connectivity index (χ0) is 14.5. The van der Waals surface area contributed by atoms with Crippen LogP contribution >= 0.6 is 11.3 Å². The van der Waals surface area contributed by atoms with Gasteiger partial charge in [-0.15, -0.1) is 11.3 Å². The van der Waals surface area contributed by atoms with Crippen LogP contribution in [0.2, 0.25) is 0 Å². The van der Waals surface area contributed by atoms with Crippen molar-refractivity contribution in [1.82, 2.24) is 20.2 Å². The van der Waals surface area contributed by atoms with Gasteiger partial charge in [-0.2, -0.15) is 0 Å². The van der Waals surface area contributed by atoms with Crippen molar-refractivity contribution < 1.29 is 4.79 Å². The highest BCUT2D eigenvalue weighted by Gasteiger charge is 2.24. The number of hydrogen-bond acceptors (Lipinski definition) is 4. The lowest BCUT2D eigenvalue weighted by Gasteiger charge is -2.31. The molecule has 112 valence electrons. The van der Waals surface area contributed by atoms with Crippen molar-refractivity contribution in [3.8, 4) is 0 Å². The number of hydrogen-bond donors (Lipinski definition) is 2. The summed E-state index contributed by atoms with van der Waals surface area (Å²) in [5, 5.41) is 5.02. The molecule has 1 fully saturated rings. The molecule has 1 saturated heterocycles. The van der Waals surface area contributed by atoms with E-state index in [0.29, 0.717) is 19.0 Å². The first kappa shape index (κ1) is 14.3. The molecule has 0 saturated carbocycles. The molecule has 1 aliphatic heterocycles. The number of thiophene rings is 1. The van der Waals surface area contributed by atoms with Crippen molar-refractivity contribution in [2.24, 2.45) is 0 Å². The summed E-state index contributed by atoms with van der Waals surface area (Å²) in [6, 6.07) is 4.05. The molecule has 0 spiro atoms. The van der Waals surface area contributed by atoms with Crippen LogP contribution in [0, 0.1) is 0 Å². The van der Waals surface area contributed by atoms with E-state index in [1.54, 1.807) is 17.5 Å². The number of likely N-dealkylation sites (tertiary alicyclic amines) is 1. The van der Waals surface area contributed by atoms with Crippen molar-refractivity contribution in [3.63, 3.8) is 0 Å². The SMILES string of the molecule is O=C(CN1CCC[C@H](c2ncc[nH]2)C1)NCc1cccs1. The van der Waals surface area contributed by atoms with E-state index >= 15 is 0 Å². The minimum atomic E-state index is 0.100. The van der Waals surface area contributed by atoms with Gasteiger partial charge in [-0.3, -0.25) is 9.69 Å². The summed E-state index contributed by atoms with van der Waals surface area (Å²) in [6.07, 6.45) is 5.91. The van der Waals surface area contributed by atoms with Crippen LogP contribution in [0.25, 0.3) is 0 Å². The van der Waals surface area contributed by atoms with E-state index < -0.39 is 0 Å². The van der Waals surface area contributed by atoms with E-state index in [-0.39, 0.29) is 5.91 Å². The van der Waals surface area contributed by atoms with Crippen LogP contribution in [0.4, 0.5) is 0 Å². The second kappa shape index (κ2) is 6.87. The van der Waals surface area contributed by atoms with Gasteiger partial charge in [0.1, 0.15) is 5.82 Å². The minimum absolute atomic E-state index is 0.100. The molecule has 2 N–H and O–H groups in total. The van der Waals surface area contributed by atoms with E-state index in [1.807, 2.05) is 23.7 Å². The summed E-state index contributed by atoms with van der Waals surface area (Å²) in [7, 11) is 0. The van der Waals surface area contributed by atoms with Crippen molar-refractivity contribution >= 4 is 17.2 Å². The smallest absolute Gasteiger partial charge is 0.234 e. The van der Waals surface area contributed by atoms with E-state index in [2.05, 4.69) is 20.2 Å². The van der Waals surface area contributed by atoms with E-state index in [1.165, 1.54) is 4.88 Å². The lowest BCUT2D eigenvalue weighted by atomic mass is 9.97. The number of rotatable bonds is 5. The van der Waals surface area contributed by atoms with E-state index in [4.69, 9.17) is 0 Å². The molecular weight excluding hydrogens is 284 g/mol. The Hall–Kier alpha value is -1.66.